The van der Waals surface area contributed by atoms with Crippen molar-refractivity contribution < 1.29 is 18.3 Å². The van der Waals surface area contributed by atoms with Crippen LogP contribution in [0.25, 0.3) is 0 Å². The number of carboxylic acid groups (broad SMARTS) is 1. The van der Waals surface area contributed by atoms with Gasteiger partial charge in [0.25, 0.3) is 0 Å². The Kier molecular flexibility index (Phi) is 4.21. The molecule has 0 fully saturated rings. The van der Waals surface area contributed by atoms with Crippen molar-refractivity contribution in [3.05, 3.63) is 46.5 Å². The van der Waals surface area contributed by atoms with Gasteiger partial charge in [-0.15, -0.1) is 0 Å². The summed E-state index contributed by atoms with van der Waals surface area (Å²) in [5.41, 5.74) is 0.495. The van der Waals surface area contributed by atoms with Crippen LogP contribution in [0.4, 0.5) is 0 Å². The van der Waals surface area contributed by atoms with E-state index in [2.05, 4.69) is 30.6 Å². The Morgan fingerprint density at radius 1 is 1.45 bits per heavy atom. The van der Waals surface area contributed by atoms with Crippen molar-refractivity contribution in [1.29, 1.82) is 0 Å². The highest BCUT2D eigenvalue weighted by Gasteiger charge is 2.19. The number of rotatable bonds is 5. The van der Waals surface area contributed by atoms with Crippen LogP contribution >= 0.6 is 15.9 Å². The zero-order valence-corrected chi connectivity index (χ0v) is 12.4. The summed E-state index contributed by atoms with van der Waals surface area (Å²) in [6.45, 7) is 0.0338. The van der Waals surface area contributed by atoms with Gasteiger partial charge in [0.1, 0.15) is 0 Å². The molecular formula is C11H10BrN3O4S. The van der Waals surface area contributed by atoms with E-state index in [1.54, 1.807) is 0 Å². The number of hydrogen-bond acceptors (Lipinski definition) is 4. The number of halogens is 1. The Morgan fingerprint density at radius 2 is 2.20 bits per heavy atom. The SMILES string of the molecule is O=C(O)c1ccc(Br)c(S(=O)(=O)NCc2cnc[nH]2)c1. The highest BCUT2D eigenvalue weighted by molar-refractivity contribution is 9.10. The Balaban J connectivity index is 2.28. The Labute approximate surface area is 123 Å². The molecule has 2 aromatic rings. The smallest absolute Gasteiger partial charge is 0.335 e. The van der Waals surface area contributed by atoms with Crippen LogP contribution in [-0.4, -0.2) is 29.5 Å². The van der Waals surface area contributed by atoms with E-state index in [1.807, 2.05) is 0 Å². The van der Waals surface area contributed by atoms with Gasteiger partial charge in [0.2, 0.25) is 10.0 Å². The van der Waals surface area contributed by atoms with E-state index in [9.17, 15) is 13.2 Å². The van der Waals surface area contributed by atoms with Crippen LogP contribution in [-0.2, 0) is 16.6 Å². The molecule has 0 spiro atoms. The number of carbonyl (C=O) groups is 1. The zero-order valence-electron chi connectivity index (χ0n) is 10.00. The fourth-order valence-corrected chi connectivity index (χ4v) is 3.47. The Hall–Kier alpha value is -1.71. The fourth-order valence-electron chi connectivity index (χ4n) is 1.47. The molecule has 0 aliphatic carbocycles. The van der Waals surface area contributed by atoms with Crippen molar-refractivity contribution in [1.82, 2.24) is 14.7 Å². The molecule has 7 nitrogen and oxygen atoms in total. The molecule has 0 atom stereocenters. The molecule has 0 aliphatic heterocycles. The third-order valence-electron chi connectivity index (χ3n) is 2.48. The van der Waals surface area contributed by atoms with Gasteiger partial charge in [-0.1, -0.05) is 0 Å². The Morgan fingerprint density at radius 3 is 2.80 bits per heavy atom. The van der Waals surface area contributed by atoms with Gasteiger partial charge < -0.3 is 10.1 Å². The predicted molar refractivity (Wildman–Crippen MR) is 73.7 cm³/mol. The van der Waals surface area contributed by atoms with E-state index in [4.69, 9.17) is 5.11 Å². The summed E-state index contributed by atoms with van der Waals surface area (Å²) in [5, 5.41) is 8.90. The number of hydrogen-bond donors (Lipinski definition) is 3. The molecule has 0 bridgehead atoms. The molecule has 3 N–H and O–H groups in total. The monoisotopic (exact) mass is 359 g/mol. The van der Waals surface area contributed by atoms with Gasteiger partial charge in [-0.05, 0) is 34.1 Å². The summed E-state index contributed by atoms with van der Waals surface area (Å²) in [4.78, 5) is 17.3. The molecule has 2 rings (SSSR count). The minimum Gasteiger partial charge on any atom is -0.478 e. The third-order valence-corrected chi connectivity index (χ3v) is 4.87. The van der Waals surface area contributed by atoms with Crippen LogP contribution in [0.1, 0.15) is 16.1 Å². The Bertz CT molecular complexity index is 728. The molecule has 1 aromatic heterocycles. The van der Waals surface area contributed by atoms with Crippen molar-refractivity contribution in [2.24, 2.45) is 0 Å². The first-order chi connectivity index (χ1) is 9.40. The maximum Gasteiger partial charge on any atom is 0.335 e. The normalized spacial score (nSPS) is 11.4. The van der Waals surface area contributed by atoms with Gasteiger partial charge in [-0.25, -0.2) is 22.9 Å². The zero-order chi connectivity index (χ0) is 14.8. The van der Waals surface area contributed by atoms with Crippen LogP contribution in [0.2, 0.25) is 0 Å². The maximum atomic E-state index is 12.2. The van der Waals surface area contributed by atoms with Crippen LogP contribution in [0.5, 0.6) is 0 Å². The number of benzene rings is 1. The maximum absolute atomic E-state index is 12.2. The van der Waals surface area contributed by atoms with E-state index >= 15 is 0 Å². The van der Waals surface area contributed by atoms with E-state index in [1.165, 1.54) is 24.7 Å². The molecule has 106 valence electrons. The highest BCUT2D eigenvalue weighted by Crippen LogP contribution is 2.23. The van der Waals surface area contributed by atoms with E-state index in [0.717, 1.165) is 6.07 Å². The minimum absolute atomic E-state index is 0.0338. The lowest BCUT2D eigenvalue weighted by atomic mass is 10.2. The first kappa shape index (κ1) is 14.7. The van der Waals surface area contributed by atoms with Gasteiger partial charge in [0.05, 0.1) is 23.3 Å². The summed E-state index contributed by atoms with van der Waals surface area (Å²) in [7, 11) is -3.83. The predicted octanol–water partition coefficient (Wildman–Crippen LogP) is 1.35. The average Bonchev–Trinajstić information content (AvgIpc) is 2.89. The van der Waals surface area contributed by atoms with Crippen molar-refractivity contribution in [3.63, 3.8) is 0 Å². The summed E-state index contributed by atoms with van der Waals surface area (Å²) < 4.78 is 27.0. The fraction of sp³-hybridized carbons (Fsp3) is 0.0909. The first-order valence-electron chi connectivity index (χ1n) is 5.40. The molecule has 9 heteroatoms. The standard InChI is InChI=1S/C11H10BrN3O4S/c12-9-2-1-7(11(16)17)3-10(9)20(18,19)15-5-8-4-13-6-14-8/h1-4,6,15H,5H2,(H,13,14)(H,16,17). The highest BCUT2D eigenvalue weighted by atomic mass is 79.9. The van der Waals surface area contributed by atoms with Crippen molar-refractivity contribution in [2.75, 3.05) is 0 Å². The summed E-state index contributed by atoms with van der Waals surface area (Å²) in [6.07, 6.45) is 2.93. The van der Waals surface area contributed by atoms with Crippen molar-refractivity contribution >= 4 is 31.9 Å². The van der Waals surface area contributed by atoms with Gasteiger partial charge in [0.15, 0.2) is 0 Å². The van der Waals surface area contributed by atoms with E-state index in [0.29, 0.717) is 10.2 Å². The molecule has 20 heavy (non-hydrogen) atoms. The first-order valence-corrected chi connectivity index (χ1v) is 7.67. The number of imidazole rings is 1. The van der Waals surface area contributed by atoms with Crippen molar-refractivity contribution in [2.45, 2.75) is 11.4 Å². The van der Waals surface area contributed by atoms with Gasteiger partial charge in [-0.2, -0.15) is 0 Å². The van der Waals surface area contributed by atoms with Gasteiger partial charge in [0, 0.05) is 16.4 Å². The number of aromatic carboxylic acids is 1. The lowest BCUT2D eigenvalue weighted by Crippen LogP contribution is -2.24. The van der Waals surface area contributed by atoms with Crippen LogP contribution in [0.3, 0.4) is 0 Å². The third kappa shape index (κ3) is 3.24. The molecular weight excluding hydrogens is 350 g/mol. The summed E-state index contributed by atoms with van der Waals surface area (Å²) >= 11 is 3.10. The molecule has 1 heterocycles. The second-order valence-corrected chi connectivity index (χ2v) is 6.44. The molecule has 1 aromatic carbocycles. The summed E-state index contributed by atoms with van der Waals surface area (Å²) in [6, 6.07) is 3.80. The van der Waals surface area contributed by atoms with Gasteiger partial charge >= 0.3 is 5.97 Å². The van der Waals surface area contributed by atoms with Crippen LogP contribution in [0, 0.1) is 0 Å². The molecule has 0 radical (unpaired) electrons. The minimum atomic E-state index is -3.83. The molecule has 0 unspecified atom stereocenters. The number of H-pyrrole nitrogens is 1. The summed E-state index contributed by atoms with van der Waals surface area (Å²) in [5.74, 6) is -1.19. The molecule has 0 aliphatic rings. The van der Waals surface area contributed by atoms with E-state index < -0.39 is 16.0 Å². The number of nitrogens with one attached hydrogen (secondary N) is 2. The second kappa shape index (κ2) is 5.73. The molecule has 0 saturated heterocycles. The van der Waals surface area contributed by atoms with Crippen LogP contribution < -0.4 is 4.72 Å². The number of nitrogens with zero attached hydrogens (tertiary/aromatic N) is 1. The number of aromatic amines is 1. The van der Waals surface area contributed by atoms with E-state index in [-0.39, 0.29) is 17.0 Å². The number of sulfonamides is 1. The topological polar surface area (TPSA) is 112 Å². The average molecular weight is 360 g/mol. The van der Waals surface area contributed by atoms with Crippen molar-refractivity contribution in [3.8, 4) is 0 Å². The lowest BCUT2D eigenvalue weighted by Gasteiger charge is -2.08. The number of carboxylic acids is 1. The van der Waals surface area contributed by atoms with Crippen LogP contribution in [0.15, 0.2) is 40.1 Å². The second-order valence-electron chi connectivity index (χ2n) is 3.85. The largest absolute Gasteiger partial charge is 0.478 e. The molecule has 0 saturated carbocycles. The number of aromatic nitrogens is 2. The molecule has 0 amide bonds. The van der Waals surface area contributed by atoms with Gasteiger partial charge in [-0.3, -0.25) is 0 Å². The lowest BCUT2D eigenvalue weighted by molar-refractivity contribution is 0.0696. The quantitative estimate of drug-likeness (QED) is 0.745.